The zero-order chi connectivity index (χ0) is 20.7. The quantitative estimate of drug-likeness (QED) is 0.605. The fourth-order valence-corrected chi connectivity index (χ4v) is 4.14. The molecule has 2 aliphatic heterocycles. The minimum atomic E-state index is -0.180. The highest BCUT2D eigenvalue weighted by molar-refractivity contribution is 5.94. The van der Waals surface area contributed by atoms with Crippen LogP contribution in [-0.2, 0) is 13.0 Å². The number of anilines is 1. The van der Waals surface area contributed by atoms with E-state index in [0.29, 0.717) is 31.2 Å². The average Bonchev–Trinajstić information content (AvgIpc) is 3.35. The van der Waals surface area contributed by atoms with Gasteiger partial charge in [0, 0.05) is 56.9 Å². The predicted molar refractivity (Wildman–Crippen MR) is 111 cm³/mol. The van der Waals surface area contributed by atoms with E-state index in [0.717, 1.165) is 54.4 Å². The molecule has 10 heteroatoms. The molecule has 0 radical (unpaired) electrons. The van der Waals surface area contributed by atoms with Gasteiger partial charge < -0.3 is 24.6 Å². The van der Waals surface area contributed by atoms with E-state index in [-0.39, 0.29) is 5.91 Å². The molecule has 2 N–H and O–H groups in total. The second kappa shape index (κ2) is 7.69. The summed E-state index contributed by atoms with van der Waals surface area (Å²) < 4.78 is 5.47. The first-order chi connectivity index (χ1) is 14.6. The summed E-state index contributed by atoms with van der Waals surface area (Å²) in [5, 5.41) is 8.03. The van der Waals surface area contributed by atoms with Crippen LogP contribution in [0, 0.1) is 0 Å². The first-order valence-electron chi connectivity index (χ1n) is 10.3. The lowest BCUT2D eigenvalue weighted by Crippen LogP contribution is -2.58. The van der Waals surface area contributed by atoms with E-state index in [1.807, 2.05) is 12.3 Å². The fourth-order valence-electron chi connectivity index (χ4n) is 4.14. The second-order valence-corrected chi connectivity index (χ2v) is 8.17. The third kappa shape index (κ3) is 3.41. The van der Waals surface area contributed by atoms with Crippen molar-refractivity contribution < 1.29 is 9.32 Å². The van der Waals surface area contributed by atoms with Gasteiger partial charge in [0.2, 0.25) is 0 Å². The molecule has 1 fully saturated rings. The standard InChI is InChI=1S/C20H26N8O2/c1-26(2)13-9-27(10-13)8-6-22-20(29)17-15-11-28(7-4-16(15)30-25-17)19-14-3-5-21-18(14)23-12-24-19/h3,5,12-13H,4,6-11H2,1-2H3,(H,22,29)(H,21,23,24). The van der Waals surface area contributed by atoms with E-state index >= 15 is 0 Å². The van der Waals surface area contributed by atoms with Gasteiger partial charge in [-0.15, -0.1) is 0 Å². The zero-order valence-corrected chi connectivity index (χ0v) is 17.3. The lowest BCUT2D eigenvalue weighted by molar-refractivity contribution is 0.0633. The first-order valence-corrected chi connectivity index (χ1v) is 10.3. The van der Waals surface area contributed by atoms with Crippen molar-refractivity contribution in [1.29, 1.82) is 0 Å². The summed E-state index contributed by atoms with van der Waals surface area (Å²) in [4.78, 5) is 31.3. The van der Waals surface area contributed by atoms with Crippen LogP contribution in [0.15, 0.2) is 23.1 Å². The van der Waals surface area contributed by atoms with Crippen molar-refractivity contribution in [2.45, 2.75) is 19.0 Å². The van der Waals surface area contributed by atoms with Crippen LogP contribution < -0.4 is 10.2 Å². The number of hydrogen-bond acceptors (Lipinski definition) is 8. The van der Waals surface area contributed by atoms with E-state index < -0.39 is 0 Å². The molecule has 0 bridgehead atoms. The average molecular weight is 410 g/mol. The molecule has 0 unspecified atom stereocenters. The molecule has 2 aliphatic rings. The lowest BCUT2D eigenvalue weighted by Gasteiger charge is -2.42. The summed E-state index contributed by atoms with van der Waals surface area (Å²) in [6.07, 6.45) is 4.10. The van der Waals surface area contributed by atoms with Gasteiger partial charge in [0.05, 0.1) is 11.9 Å². The molecule has 10 nitrogen and oxygen atoms in total. The zero-order valence-electron chi connectivity index (χ0n) is 17.3. The third-order valence-electron chi connectivity index (χ3n) is 6.06. The molecular formula is C20H26N8O2. The molecule has 0 spiro atoms. The maximum atomic E-state index is 12.7. The minimum absolute atomic E-state index is 0.180. The van der Waals surface area contributed by atoms with Gasteiger partial charge in [0.1, 0.15) is 23.6 Å². The summed E-state index contributed by atoms with van der Waals surface area (Å²) in [7, 11) is 4.20. The van der Waals surface area contributed by atoms with Crippen molar-refractivity contribution in [3.63, 3.8) is 0 Å². The second-order valence-electron chi connectivity index (χ2n) is 8.17. The normalized spacial score (nSPS) is 17.4. The van der Waals surface area contributed by atoms with Gasteiger partial charge in [-0.2, -0.15) is 0 Å². The molecule has 1 amide bonds. The van der Waals surface area contributed by atoms with Crippen LogP contribution in [0.3, 0.4) is 0 Å². The number of aromatic nitrogens is 4. The lowest BCUT2D eigenvalue weighted by atomic mass is 10.1. The number of carbonyl (C=O) groups excluding carboxylic acids is 1. The van der Waals surface area contributed by atoms with Gasteiger partial charge in [-0.1, -0.05) is 5.16 Å². The monoisotopic (exact) mass is 410 g/mol. The Morgan fingerprint density at radius 1 is 1.37 bits per heavy atom. The van der Waals surface area contributed by atoms with Crippen LogP contribution in [0.4, 0.5) is 5.82 Å². The largest absolute Gasteiger partial charge is 0.360 e. The Hall–Kier alpha value is -2.98. The van der Waals surface area contributed by atoms with Gasteiger partial charge >= 0.3 is 0 Å². The van der Waals surface area contributed by atoms with E-state index in [1.54, 1.807) is 6.33 Å². The van der Waals surface area contributed by atoms with Crippen LogP contribution in [0.5, 0.6) is 0 Å². The first kappa shape index (κ1) is 19.0. The molecule has 0 saturated carbocycles. The summed E-state index contributed by atoms with van der Waals surface area (Å²) in [6.45, 7) is 4.82. The number of carbonyl (C=O) groups is 1. The SMILES string of the molecule is CN(C)C1CN(CCNC(=O)c2noc3c2CN(c2ncnc4[nH]ccc24)CC3)C1. The molecule has 3 aromatic rings. The van der Waals surface area contributed by atoms with Gasteiger partial charge in [0.25, 0.3) is 5.91 Å². The van der Waals surface area contributed by atoms with Crippen LogP contribution in [-0.4, -0.2) is 88.7 Å². The Labute approximate surface area is 174 Å². The van der Waals surface area contributed by atoms with E-state index in [1.165, 1.54) is 0 Å². The molecule has 5 rings (SSSR count). The van der Waals surface area contributed by atoms with Crippen molar-refractivity contribution in [2.75, 3.05) is 51.7 Å². The number of rotatable bonds is 6. The topological polar surface area (TPSA) is 106 Å². The summed E-state index contributed by atoms with van der Waals surface area (Å²) in [5.74, 6) is 1.46. The molecule has 5 heterocycles. The van der Waals surface area contributed by atoms with Crippen molar-refractivity contribution in [1.82, 2.24) is 35.2 Å². The highest BCUT2D eigenvalue weighted by Gasteiger charge is 2.30. The van der Waals surface area contributed by atoms with Crippen LogP contribution in [0.2, 0.25) is 0 Å². The molecule has 0 aromatic carbocycles. The van der Waals surface area contributed by atoms with Gasteiger partial charge in [-0.3, -0.25) is 9.69 Å². The molecule has 158 valence electrons. The number of nitrogens with one attached hydrogen (secondary N) is 2. The number of likely N-dealkylation sites (tertiary alicyclic amines) is 1. The number of likely N-dealkylation sites (N-methyl/N-ethyl adjacent to an activating group) is 1. The van der Waals surface area contributed by atoms with Crippen LogP contribution in [0.1, 0.15) is 21.8 Å². The molecular weight excluding hydrogens is 384 g/mol. The summed E-state index contributed by atoms with van der Waals surface area (Å²) in [6, 6.07) is 2.58. The fraction of sp³-hybridized carbons (Fsp3) is 0.500. The van der Waals surface area contributed by atoms with Gasteiger partial charge in [-0.05, 0) is 20.2 Å². The Balaban J connectivity index is 1.23. The Kier molecular flexibility index (Phi) is 4.87. The smallest absolute Gasteiger partial charge is 0.273 e. The molecule has 0 atom stereocenters. The molecule has 1 saturated heterocycles. The molecule has 0 aliphatic carbocycles. The Bertz CT molecular complexity index is 1050. The highest BCUT2D eigenvalue weighted by atomic mass is 16.5. The maximum Gasteiger partial charge on any atom is 0.273 e. The van der Waals surface area contributed by atoms with Gasteiger partial charge in [-0.25, -0.2) is 9.97 Å². The number of hydrogen-bond donors (Lipinski definition) is 2. The molecule has 3 aromatic heterocycles. The van der Waals surface area contributed by atoms with Crippen molar-refractivity contribution in [2.24, 2.45) is 0 Å². The predicted octanol–water partition coefficient (Wildman–Crippen LogP) is 0.484. The summed E-state index contributed by atoms with van der Waals surface area (Å²) in [5.41, 5.74) is 2.03. The van der Waals surface area contributed by atoms with Gasteiger partial charge in [0.15, 0.2) is 5.69 Å². The Morgan fingerprint density at radius 2 is 2.23 bits per heavy atom. The molecule has 30 heavy (non-hydrogen) atoms. The Morgan fingerprint density at radius 3 is 3.07 bits per heavy atom. The van der Waals surface area contributed by atoms with E-state index in [4.69, 9.17) is 4.52 Å². The van der Waals surface area contributed by atoms with Crippen molar-refractivity contribution in [3.8, 4) is 0 Å². The third-order valence-corrected chi connectivity index (χ3v) is 6.06. The van der Waals surface area contributed by atoms with E-state index in [9.17, 15) is 4.79 Å². The van der Waals surface area contributed by atoms with Crippen molar-refractivity contribution in [3.05, 3.63) is 35.6 Å². The van der Waals surface area contributed by atoms with Crippen LogP contribution in [0.25, 0.3) is 11.0 Å². The highest BCUT2D eigenvalue weighted by Crippen LogP contribution is 2.29. The number of fused-ring (bicyclic) bond motifs is 2. The number of aromatic amines is 1. The van der Waals surface area contributed by atoms with Crippen LogP contribution >= 0.6 is 0 Å². The maximum absolute atomic E-state index is 12.7. The van der Waals surface area contributed by atoms with Crippen molar-refractivity contribution >= 4 is 22.8 Å². The number of nitrogens with zero attached hydrogens (tertiary/aromatic N) is 6. The number of amides is 1. The minimum Gasteiger partial charge on any atom is -0.360 e. The summed E-state index contributed by atoms with van der Waals surface area (Å²) >= 11 is 0. The number of H-pyrrole nitrogens is 1. The van der Waals surface area contributed by atoms with E-state index in [2.05, 4.69) is 54.2 Å².